The minimum absolute atomic E-state index is 0.0786. The summed E-state index contributed by atoms with van der Waals surface area (Å²) in [6, 6.07) is 29.9. The van der Waals surface area contributed by atoms with Crippen LogP contribution in [0.15, 0.2) is 72.8 Å². The Morgan fingerprint density at radius 1 is 0.609 bits per heavy atom. The third kappa shape index (κ3) is 7.49. The van der Waals surface area contributed by atoms with Crippen LogP contribution in [0.3, 0.4) is 0 Å². The van der Waals surface area contributed by atoms with Crippen molar-refractivity contribution in [1.82, 2.24) is 0 Å². The molecule has 8 heteroatoms. The quantitative estimate of drug-likeness (QED) is 0.172. The van der Waals surface area contributed by atoms with Gasteiger partial charge in [0.05, 0.1) is 39.4 Å². The maximum atomic E-state index is 10.5. The molecule has 0 bridgehead atoms. The van der Waals surface area contributed by atoms with Crippen molar-refractivity contribution in [1.29, 1.82) is 15.8 Å². The van der Waals surface area contributed by atoms with Gasteiger partial charge in [-0.25, -0.2) is 0 Å². The van der Waals surface area contributed by atoms with Gasteiger partial charge in [0.2, 0.25) is 0 Å². The number of benzene rings is 3. The molecule has 3 aromatic rings. The molecule has 0 radical (unpaired) electrons. The number of hydrogen-bond donors (Lipinski definition) is 1. The molecule has 0 aliphatic heterocycles. The van der Waals surface area contributed by atoms with Gasteiger partial charge in [-0.05, 0) is 79.5 Å². The SMILES string of the molecule is CN(C)c1ccc(C2(C#N)CCCC2)cc1.N#CC1(c2ccc(N)cc2)CCCC1.N#CC1(c2ccc([N+](=O)[O-])cc2)CCCC1. The summed E-state index contributed by atoms with van der Waals surface area (Å²) in [6.07, 6.45) is 12.6. The molecule has 0 amide bonds. The van der Waals surface area contributed by atoms with Crippen LogP contribution in [-0.4, -0.2) is 19.0 Å². The summed E-state index contributed by atoms with van der Waals surface area (Å²) in [5.74, 6) is 0. The molecule has 3 saturated carbocycles. The normalized spacial score (nSPS) is 18.3. The van der Waals surface area contributed by atoms with Gasteiger partial charge >= 0.3 is 0 Å². The fourth-order valence-electron chi connectivity index (χ4n) is 7.11. The average Bonchev–Trinajstić information content (AvgIpc) is 3.88. The third-order valence-corrected chi connectivity index (χ3v) is 10.0. The Kier molecular flexibility index (Phi) is 11.0. The highest BCUT2D eigenvalue weighted by Crippen LogP contribution is 2.42. The molecular formula is C38H44N6O2. The van der Waals surface area contributed by atoms with Crippen LogP contribution in [0.2, 0.25) is 0 Å². The van der Waals surface area contributed by atoms with E-state index < -0.39 is 10.3 Å². The van der Waals surface area contributed by atoms with Gasteiger partial charge < -0.3 is 10.6 Å². The number of nitro groups is 1. The first kappa shape index (κ1) is 34.0. The second-order valence-electron chi connectivity index (χ2n) is 13.1. The lowest BCUT2D eigenvalue weighted by molar-refractivity contribution is -0.384. The van der Waals surface area contributed by atoms with E-state index in [1.807, 2.05) is 38.4 Å². The maximum Gasteiger partial charge on any atom is 0.269 e. The Morgan fingerprint density at radius 3 is 1.20 bits per heavy atom. The summed E-state index contributed by atoms with van der Waals surface area (Å²) in [5, 5.41) is 38.4. The molecule has 0 saturated heterocycles. The summed E-state index contributed by atoms with van der Waals surface area (Å²) < 4.78 is 0. The molecule has 238 valence electrons. The van der Waals surface area contributed by atoms with Crippen molar-refractivity contribution in [2.24, 2.45) is 0 Å². The van der Waals surface area contributed by atoms with Crippen LogP contribution >= 0.6 is 0 Å². The predicted octanol–water partition coefficient (Wildman–Crippen LogP) is 8.62. The lowest BCUT2D eigenvalue weighted by Crippen LogP contribution is -2.19. The monoisotopic (exact) mass is 616 g/mol. The second-order valence-corrected chi connectivity index (χ2v) is 13.1. The fourth-order valence-corrected chi connectivity index (χ4v) is 7.11. The number of hydrogen-bond acceptors (Lipinski definition) is 7. The van der Waals surface area contributed by atoms with Crippen molar-refractivity contribution >= 4 is 17.1 Å². The van der Waals surface area contributed by atoms with Crippen molar-refractivity contribution < 1.29 is 4.92 Å². The molecule has 0 heterocycles. The second kappa shape index (κ2) is 14.9. The number of anilines is 2. The molecule has 8 nitrogen and oxygen atoms in total. The first-order valence-electron chi connectivity index (χ1n) is 16.3. The molecule has 3 fully saturated rings. The van der Waals surface area contributed by atoms with E-state index in [9.17, 15) is 25.9 Å². The molecule has 6 rings (SSSR count). The van der Waals surface area contributed by atoms with E-state index in [0.29, 0.717) is 0 Å². The van der Waals surface area contributed by atoms with E-state index in [1.54, 1.807) is 12.1 Å². The van der Waals surface area contributed by atoms with E-state index in [2.05, 4.69) is 47.4 Å². The molecule has 0 atom stereocenters. The number of rotatable bonds is 5. The van der Waals surface area contributed by atoms with Gasteiger partial charge in [0.25, 0.3) is 5.69 Å². The first-order chi connectivity index (χ1) is 22.1. The minimum Gasteiger partial charge on any atom is -0.399 e. The number of nitrogens with zero attached hydrogens (tertiary/aromatic N) is 5. The zero-order chi connectivity index (χ0) is 33.2. The Bertz CT molecular complexity index is 1570. The topological polar surface area (TPSA) is 144 Å². The Hall–Kier alpha value is -4.87. The minimum atomic E-state index is -0.419. The Labute approximate surface area is 273 Å². The number of nitriles is 3. The van der Waals surface area contributed by atoms with Gasteiger partial charge in [0.1, 0.15) is 0 Å². The molecule has 0 unspecified atom stereocenters. The molecule has 3 aliphatic carbocycles. The van der Waals surface area contributed by atoms with Crippen LogP contribution in [0, 0.1) is 44.1 Å². The summed E-state index contributed by atoms with van der Waals surface area (Å²) in [4.78, 5) is 12.2. The number of nitrogens with two attached hydrogens (primary N) is 1. The van der Waals surface area contributed by atoms with E-state index in [1.165, 1.54) is 36.2 Å². The van der Waals surface area contributed by atoms with Crippen molar-refractivity contribution in [3.8, 4) is 18.2 Å². The lowest BCUT2D eigenvalue weighted by Gasteiger charge is -2.22. The molecule has 46 heavy (non-hydrogen) atoms. The zero-order valence-electron chi connectivity index (χ0n) is 27.0. The molecule has 3 aliphatic rings. The number of nitrogen functional groups attached to an aromatic ring is 1. The standard InChI is InChI=1S/C14H18N2.C12H12N2O2.C12H14N2/c1-16(2)13-7-5-12(6-8-13)14(11-15)9-3-4-10-14;13-9-12(7-1-2-8-12)10-3-5-11(6-4-10)14(15)16;13-9-12(7-1-2-8-12)10-3-5-11(14)6-4-10/h5-8H,3-4,9-10H2,1-2H3;3-6H,1-2,7-8H2;3-6H,1-2,7-8,14H2. The first-order valence-corrected chi connectivity index (χ1v) is 16.3. The highest BCUT2D eigenvalue weighted by Gasteiger charge is 2.37. The van der Waals surface area contributed by atoms with Gasteiger partial charge in [-0.15, -0.1) is 0 Å². The van der Waals surface area contributed by atoms with Crippen molar-refractivity contribution in [3.05, 3.63) is 99.6 Å². The van der Waals surface area contributed by atoms with Crippen molar-refractivity contribution in [3.63, 3.8) is 0 Å². The third-order valence-electron chi connectivity index (χ3n) is 10.0. The van der Waals surface area contributed by atoms with Gasteiger partial charge in [0, 0.05) is 37.6 Å². The van der Waals surface area contributed by atoms with E-state index >= 15 is 0 Å². The van der Waals surface area contributed by atoms with Crippen LogP contribution in [0.5, 0.6) is 0 Å². The molecule has 2 N–H and O–H groups in total. The Morgan fingerprint density at radius 2 is 0.913 bits per heavy atom. The highest BCUT2D eigenvalue weighted by atomic mass is 16.6. The fraction of sp³-hybridized carbons (Fsp3) is 0.447. The largest absolute Gasteiger partial charge is 0.399 e. The summed E-state index contributed by atoms with van der Waals surface area (Å²) in [7, 11) is 4.06. The zero-order valence-corrected chi connectivity index (χ0v) is 27.0. The Balaban J connectivity index is 0.000000157. The van der Waals surface area contributed by atoms with Crippen molar-refractivity contribution in [2.45, 2.75) is 93.3 Å². The summed E-state index contributed by atoms with van der Waals surface area (Å²) in [5.41, 5.74) is 10.1. The van der Waals surface area contributed by atoms with Crippen LogP contribution in [0.1, 0.15) is 93.7 Å². The van der Waals surface area contributed by atoms with E-state index in [4.69, 9.17) is 5.73 Å². The highest BCUT2D eigenvalue weighted by molar-refractivity contribution is 5.49. The van der Waals surface area contributed by atoms with E-state index in [0.717, 1.165) is 81.0 Å². The smallest absolute Gasteiger partial charge is 0.269 e. The molecule has 3 aromatic carbocycles. The average molecular weight is 617 g/mol. The molecule has 0 aromatic heterocycles. The lowest BCUT2D eigenvalue weighted by atomic mass is 9.80. The van der Waals surface area contributed by atoms with E-state index in [-0.39, 0.29) is 16.5 Å². The van der Waals surface area contributed by atoms with Crippen LogP contribution < -0.4 is 10.6 Å². The number of nitro benzene ring substituents is 1. The van der Waals surface area contributed by atoms with Crippen LogP contribution in [0.4, 0.5) is 17.1 Å². The van der Waals surface area contributed by atoms with Gasteiger partial charge in [-0.1, -0.05) is 74.9 Å². The van der Waals surface area contributed by atoms with Crippen LogP contribution in [0.25, 0.3) is 0 Å². The van der Waals surface area contributed by atoms with Gasteiger partial charge in [0.15, 0.2) is 0 Å². The summed E-state index contributed by atoms with van der Waals surface area (Å²) in [6.45, 7) is 0. The maximum absolute atomic E-state index is 10.5. The van der Waals surface area contributed by atoms with Crippen LogP contribution in [-0.2, 0) is 16.2 Å². The number of non-ortho nitro benzene ring substituents is 1. The molecule has 0 spiro atoms. The molecular weight excluding hydrogens is 572 g/mol. The van der Waals surface area contributed by atoms with Gasteiger partial charge in [-0.3, -0.25) is 10.1 Å². The summed E-state index contributed by atoms with van der Waals surface area (Å²) >= 11 is 0. The predicted molar refractivity (Wildman–Crippen MR) is 182 cm³/mol. The van der Waals surface area contributed by atoms with Crippen molar-refractivity contribution in [2.75, 3.05) is 24.7 Å². The van der Waals surface area contributed by atoms with Gasteiger partial charge in [-0.2, -0.15) is 15.8 Å².